The van der Waals surface area contributed by atoms with Crippen molar-refractivity contribution in [2.75, 3.05) is 13.3 Å². The SMILES string of the molecule is NCCCc1cc(O)c2c(c1)OCO2. The zero-order valence-corrected chi connectivity index (χ0v) is 7.82. The molecule has 0 aromatic heterocycles. The summed E-state index contributed by atoms with van der Waals surface area (Å²) in [6.07, 6.45) is 1.75. The number of benzene rings is 1. The normalized spacial score (nSPS) is 13.2. The van der Waals surface area contributed by atoms with Crippen LogP contribution in [0.4, 0.5) is 0 Å². The van der Waals surface area contributed by atoms with Crippen LogP contribution >= 0.6 is 0 Å². The van der Waals surface area contributed by atoms with Gasteiger partial charge in [-0.1, -0.05) is 0 Å². The molecule has 0 amide bonds. The molecule has 0 atom stereocenters. The van der Waals surface area contributed by atoms with Crippen molar-refractivity contribution >= 4 is 0 Å². The summed E-state index contributed by atoms with van der Waals surface area (Å²) < 4.78 is 10.3. The highest BCUT2D eigenvalue weighted by Crippen LogP contribution is 2.41. The van der Waals surface area contributed by atoms with E-state index in [0.717, 1.165) is 18.4 Å². The van der Waals surface area contributed by atoms with Gasteiger partial charge >= 0.3 is 0 Å². The molecule has 0 saturated carbocycles. The molecule has 0 aliphatic carbocycles. The van der Waals surface area contributed by atoms with Gasteiger partial charge in [-0.2, -0.15) is 0 Å². The highest BCUT2D eigenvalue weighted by atomic mass is 16.7. The summed E-state index contributed by atoms with van der Waals surface area (Å²) in [6, 6.07) is 3.58. The molecular weight excluding hydrogens is 182 g/mol. The van der Waals surface area contributed by atoms with Gasteiger partial charge < -0.3 is 20.3 Å². The first-order valence-corrected chi connectivity index (χ1v) is 4.63. The van der Waals surface area contributed by atoms with Crippen LogP contribution in [0.1, 0.15) is 12.0 Å². The second kappa shape index (κ2) is 3.75. The highest BCUT2D eigenvalue weighted by molar-refractivity contribution is 5.54. The predicted molar refractivity (Wildman–Crippen MR) is 51.6 cm³/mol. The zero-order chi connectivity index (χ0) is 9.97. The van der Waals surface area contributed by atoms with Crippen LogP contribution in [0.3, 0.4) is 0 Å². The van der Waals surface area contributed by atoms with E-state index >= 15 is 0 Å². The molecular formula is C10H13NO3. The summed E-state index contributed by atoms with van der Waals surface area (Å²) in [5, 5.41) is 9.58. The maximum atomic E-state index is 9.58. The summed E-state index contributed by atoms with van der Waals surface area (Å²) >= 11 is 0. The number of rotatable bonds is 3. The molecule has 4 heteroatoms. The van der Waals surface area contributed by atoms with Gasteiger partial charge in [0.25, 0.3) is 0 Å². The smallest absolute Gasteiger partial charge is 0.231 e. The molecule has 1 aliphatic heterocycles. The zero-order valence-electron chi connectivity index (χ0n) is 7.82. The molecule has 76 valence electrons. The fourth-order valence-electron chi connectivity index (χ4n) is 1.50. The lowest BCUT2D eigenvalue weighted by Gasteiger charge is -2.04. The molecule has 3 N–H and O–H groups in total. The molecule has 1 aromatic rings. The lowest BCUT2D eigenvalue weighted by Crippen LogP contribution is -2.00. The van der Waals surface area contributed by atoms with E-state index in [1.54, 1.807) is 6.07 Å². The molecule has 0 saturated heterocycles. The lowest BCUT2D eigenvalue weighted by molar-refractivity contribution is 0.171. The molecule has 0 spiro atoms. The van der Waals surface area contributed by atoms with Crippen LogP contribution < -0.4 is 15.2 Å². The number of aromatic hydroxyl groups is 1. The summed E-state index contributed by atoms with van der Waals surface area (Å²) in [4.78, 5) is 0. The Labute approximate surface area is 82.2 Å². The van der Waals surface area contributed by atoms with Gasteiger partial charge in [0.15, 0.2) is 11.5 Å². The number of nitrogens with two attached hydrogens (primary N) is 1. The van der Waals surface area contributed by atoms with E-state index in [0.29, 0.717) is 18.0 Å². The molecule has 1 aromatic carbocycles. The van der Waals surface area contributed by atoms with E-state index in [1.807, 2.05) is 6.07 Å². The highest BCUT2D eigenvalue weighted by Gasteiger charge is 2.18. The second-order valence-corrected chi connectivity index (χ2v) is 3.24. The van der Waals surface area contributed by atoms with Crippen LogP contribution in [-0.4, -0.2) is 18.4 Å². The van der Waals surface area contributed by atoms with E-state index in [9.17, 15) is 5.11 Å². The minimum atomic E-state index is 0.145. The van der Waals surface area contributed by atoms with Gasteiger partial charge in [0.2, 0.25) is 12.5 Å². The van der Waals surface area contributed by atoms with Crippen molar-refractivity contribution in [3.63, 3.8) is 0 Å². The molecule has 0 bridgehead atoms. The fourth-order valence-corrected chi connectivity index (χ4v) is 1.50. The Kier molecular flexibility index (Phi) is 2.45. The first-order valence-electron chi connectivity index (χ1n) is 4.63. The van der Waals surface area contributed by atoms with Crippen LogP contribution in [-0.2, 0) is 6.42 Å². The third-order valence-electron chi connectivity index (χ3n) is 2.18. The van der Waals surface area contributed by atoms with Crippen molar-refractivity contribution in [2.45, 2.75) is 12.8 Å². The van der Waals surface area contributed by atoms with Gasteiger partial charge in [-0.15, -0.1) is 0 Å². The molecule has 1 heterocycles. The Hall–Kier alpha value is -1.42. The summed E-state index contributed by atoms with van der Waals surface area (Å²) in [5.74, 6) is 1.21. The van der Waals surface area contributed by atoms with Gasteiger partial charge in [-0.05, 0) is 37.1 Å². The molecule has 2 rings (SSSR count). The first-order chi connectivity index (χ1) is 6.81. The van der Waals surface area contributed by atoms with Crippen LogP contribution in [0, 0.1) is 0 Å². The quantitative estimate of drug-likeness (QED) is 0.755. The second-order valence-electron chi connectivity index (χ2n) is 3.24. The molecule has 0 fully saturated rings. The van der Waals surface area contributed by atoms with E-state index in [2.05, 4.69) is 0 Å². The van der Waals surface area contributed by atoms with Gasteiger partial charge in [-0.25, -0.2) is 0 Å². The molecule has 4 nitrogen and oxygen atoms in total. The Morgan fingerprint density at radius 2 is 2.21 bits per heavy atom. The van der Waals surface area contributed by atoms with E-state index in [4.69, 9.17) is 15.2 Å². The predicted octanol–water partition coefficient (Wildman–Crippen LogP) is 1.01. The summed E-state index contributed by atoms with van der Waals surface area (Å²) in [6.45, 7) is 0.832. The van der Waals surface area contributed by atoms with Crippen LogP contribution in [0.5, 0.6) is 17.2 Å². The van der Waals surface area contributed by atoms with E-state index in [-0.39, 0.29) is 12.5 Å². The van der Waals surface area contributed by atoms with Crippen LogP contribution in [0.25, 0.3) is 0 Å². The number of hydrogen-bond acceptors (Lipinski definition) is 4. The van der Waals surface area contributed by atoms with Gasteiger partial charge in [0, 0.05) is 0 Å². The number of phenols is 1. The first kappa shape index (κ1) is 9.15. The average Bonchev–Trinajstić information content (AvgIpc) is 2.63. The number of aryl methyl sites for hydroxylation is 1. The number of fused-ring (bicyclic) bond motifs is 1. The monoisotopic (exact) mass is 195 g/mol. The maximum absolute atomic E-state index is 9.58. The van der Waals surface area contributed by atoms with Crippen LogP contribution in [0.2, 0.25) is 0 Å². The summed E-state index contributed by atoms with van der Waals surface area (Å²) in [7, 11) is 0. The Balaban J connectivity index is 2.23. The van der Waals surface area contributed by atoms with Crippen molar-refractivity contribution in [3.8, 4) is 17.2 Å². The molecule has 14 heavy (non-hydrogen) atoms. The standard InChI is InChI=1S/C10H13NO3/c11-3-1-2-7-4-8(12)10-9(5-7)13-6-14-10/h4-5,12H,1-3,6,11H2. The largest absolute Gasteiger partial charge is 0.504 e. The number of ether oxygens (including phenoxy) is 2. The van der Waals surface area contributed by atoms with Gasteiger partial charge in [0.1, 0.15) is 0 Å². The van der Waals surface area contributed by atoms with E-state index in [1.165, 1.54) is 0 Å². The minimum Gasteiger partial charge on any atom is -0.504 e. The lowest BCUT2D eigenvalue weighted by atomic mass is 10.1. The minimum absolute atomic E-state index is 0.145. The van der Waals surface area contributed by atoms with Crippen molar-refractivity contribution in [1.82, 2.24) is 0 Å². The fraction of sp³-hybridized carbons (Fsp3) is 0.400. The van der Waals surface area contributed by atoms with Crippen LogP contribution in [0.15, 0.2) is 12.1 Å². The summed E-state index contributed by atoms with van der Waals surface area (Å²) in [5.41, 5.74) is 6.43. The third kappa shape index (κ3) is 1.61. The maximum Gasteiger partial charge on any atom is 0.231 e. The van der Waals surface area contributed by atoms with E-state index < -0.39 is 0 Å². The average molecular weight is 195 g/mol. The topological polar surface area (TPSA) is 64.7 Å². The molecule has 0 unspecified atom stereocenters. The Morgan fingerprint density at radius 1 is 1.36 bits per heavy atom. The number of hydrogen-bond donors (Lipinski definition) is 2. The van der Waals surface area contributed by atoms with Crippen molar-refractivity contribution in [2.24, 2.45) is 5.73 Å². The molecule has 0 radical (unpaired) electrons. The Bertz CT molecular complexity index is 338. The van der Waals surface area contributed by atoms with Gasteiger partial charge in [0.05, 0.1) is 0 Å². The Morgan fingerprint density at radius 3 is 3.00 bits per heavy atom. The van der Waals surface area contributed by atoms with Crippen molar-refractivity contribution < 1.29 is 14.6 Å². The number of phenolic OH excluding ortho intramolecular Hbond substituents is 1. The van der Waals surface area contributed by atoms with Gasteiger partial charge in [-0.3, -0.25) is 0 Å². The molecule has 1 aliphatic rings. The third-order valence-corrected chi connectivity index (χ3v) is 2.18. The van der Waals surface area contributed by atoms with Crippen molar-refractivity contribution in [3.05, 3.63) is 17.7 Å². The van der Waals surface area contributed by atoms with Crippen molar-refractivity contribution in [1.29, 1.82) is 0 Å².